The van der Waals surface area contributed by atoms with Crippen LogP contribution < -0.4 is 0 Å². The van der Waals surface area contributed by atoms with E-state index in [-0.39, 0.29) is 5.24 Å². The summed E-state index contributed by atoms with van der Waals surface area (Å²) in [6.07, 6.45) is 0. The zero-order valence-corrected chi connectivity index (χ0v) is 6.57. The van der Waals surface area contributed by atoms with Gasteiger partial charge in [-0.05, 0) is 6.92 Å². The molecule has 3 heteroatoms. The second-order valence-electron chi connectivity index (χ2n) is 2.23. The number of amides is 1. The minimum Gasteiger partial charge on any atom is -0.333 e. The van der Waals surface area contributed by atoms with Gasteiger partial charge in [-0.25, -0.2) is 0 Å². The lowest BCUT2D eigenvalue weighted by Crippen LogP contribution is -2.23. The van der Waals surface area contributed by atoms with Crippen molar-refractivity contribution >= 4 is 17.0 Å². The van der Waals surface area contributed by atoms with Crippen LogP contribution in [0.3, 0.4) is 0 Å². The summed E-state index contributed by atoms with van der Waals surface area (Å²) in [5.74, 6) is 0. The number of carbonyl (C=O) groups excluding carboxylic acids is 1. The van der Waals surface area contributed by atoms with Crippen LogP contribution in [-0.2, 0) is 0 Å². The molecular weight excluding hydrogens is 134 g/mol. The van der Waals surface area contributed by atoms with Gasteiger partial charge in [-0.1, -0.05) is 18.7 Å². The van der Waals surface area contributed by atoms with E-state index in [0.717, 1.165) is 13.1 Å². The van der Waals surface area contributed by atoms with Crippen molar-refractivity contribution in [3.63, 3.8) is 0 Å². The summed E-state index contributed by atoms with van der Waals surface area (Å²) in [5, 5.41) is 0.738. The minimum atomic E-state index is 0.241. The predicted molar refractivity (Wildman–Crippen MR) is 39.7 cm³/mol. The molecule has 1 rings (SSSR count). The van der Waals surface area contributed by atoms with Crippen LogP contribution >= 0.6 is 11.8 Å². The van der Waals surface area contributed by atoms with Crippen molar-refractivity contribution in [1.82, 2.24) is 4.90 Å². The topological polar surface area (TPSA) is 20.3 Å². The fourth-order valence-electron chi connectivity index (χ4n) is 0.927. The van der Waals surface area contributed by atoms with Crippen LogP contribution in [0.2, 0.25) is 0 Å². The maximum absolute atomic E-state index is 10.9. The molecule has 0 aromatic heterocycles. The van der Waals surface area contributed by atoms with Gasteiger partial charge in [-0.3, -0.25) is 4.79 Å². The summed E-state index contributed by atoms with van der Waals surface area (Å²) in [6, 6.07) is 0. The van der Waals surface area contributed by atoms with E-state index in [1.165, 1.54) is 11.8 Å². The number of carbonyl (C=O) groups is 1. The van der Waals surface area contributed by atoms with Gasteiger partial charge in [0, 0.05) is 18.3 Å². The summed E-state index contributed by atoms with van der Waals surface area (Å²) in [5.41, 5.74) is 0. The molecule has 0 bridgehead atoms. The fourth-order valence-corrected chi connectivity index (χ4v) is 1.88. The zero-order chi connectivity index (χ0) is 6.85. The summed E-state index contributed by atoms with van der Waals surface area (Å²) in [6.45, 7) is 5.88. The highest BCUT2D eigenvalue weighted by Crippen LogP contribution is 2.23. The lowest BCUT2D eigenvalue weighted by atomic mass is 10.4. The normalized spacial score (nSPS) is 27.6. The minimum absolute atomic E-state index is 0.241. The summed E-state index contributed by atoms with van der Waals surface area (Å²) < 4.78 is 0. The maximum Gasteiger partial charge on any atom is 0.281 e. The maximum atomic E-state index is 10.9. The van der Waals surface area contributed by atoms with E-state index in [1.807, 2.05) is 11.8 Å². The van der Waals surface area contributed by atoms with E-state index in [4.69, 9.17) is 0 Å². The first kappa shape index (κ1) is 6.93. The van der Waals surface area contributed by atoms with Gasteiger partial charge in [-0.15, -0.1) is 0 Å². The van der Waals surface area contributed by atoms with Crippen molar-refractivity contribution < 1.29 is 4.79 Å². The molecular formula is C6H11NOS. The molecule has 0 aromatic rings. The van der Waals surface area contributed by atoms with Crippen LogP contribution in [0.1, 0.15) is 13.8 Å². The largest absolute Gasteiger partial charge is 0.333 e. The highest BCUT2D eigenvalue weighted by Gasteiger charge is 2.25. The standard InChI is InChI=1S/C6H11NOS/c1-3-7-4-5(2)9-6(7)8/h5H,3-4H2,1-2H3. The lowest BCUT2D eigenvalue weighted by molar-refractivity contribution is 0.231. The number of rotatable bonds is 1. The highest BCUT2D eigenvalue weighted by molar-refractivity contribution is 8.14. The Balaban J connectivity index is 2.48. The summed E-state index contributed by atoms with van der Waals surface area (Å²) >= 11 is 1.44. The smallest absolute Gasteiger partial charge is 0.281 e. The Morgan fingerprint density at radius 1 is 1.89 bits per heavy atom. The van der Waals surface area contributed by atoms with Crippen molar-refractivity contribution in [2.24, 2.45) is 0 Å². The first-order valence-corrected chi connectivity index (χ1v) is 4.07. The molecule has 0 radical (unpaired) electrons. The average molecular weight is 145 g/mol. The Morgan fingerprint density at radius 2 is 2.56 bits per heavy atom. The van der Waals surface area contributed by atoms with Crippen molar-refractivity contribution in [3.05, 3.63) is 0 Å². The van der Waals surface area contributed by atoms with Crippen LogP contribution in [0.4, 0.5) is 4.79 Å². The van der Waals surface area contributed by atoms with Crippen LogP contribution in [0, 0.1) is 0 Å². The molecule has 1 heterocycles. The van der Waals surface area contributed by atoms with Gasteiger partial charge in [0.15, 0.2) is 0 Å². The fraction of sp³-hybridized carbons (Fsp3) is 0.833. The predicted octanol–water partition coefficient (Wildman–Crippen LogP) is 1.56. The Labute approximate surface area is 59.6 Å². The van der Waals surface area contributed by atoms with Gasteiger partial charge in [-0.2, -0.15) is 0 Å². The Hall–Kier alpha value is -0.180. The molecule has 1 amide bonds. The average Bonchev–Trinajstić information content (AvgIpc) is 2.10. The van der Waals surface area contributed by atoms with Crippen LogP contribution in [0.15, 0.2) is 0 Å². The van der Waals surface area contributed by atoms with Gasteiger partial charge in [0.2, 0.25) is 0 Å². The number of nitrogens with zero attached hydrogens (tertiary/aromatic N) is 1. The highest BCUT2D eigenvalue weighted by atomic mass is 32.2. The van der Waals surface area contributed by atoms with Crippen molar-refractivity contribution in [1.29, 1.82) is 0 Å². The van der Waals surface area contributed by atoms with Gasteiger partial charge >= 0.3 is 0 Å². The van der Waals surface area contributed by atoms with Gasteiger partial charge in [0.05, 0.1) is 0 Å². The molecule has 0 aromatic carbocycles. The molecule has 1 saturated heterocycles. The molecule has 0 N–H and O–H groups in total. The van der Waals surface area contributed by atoms with E-state index in [9.17, 15) is 4.79 Å². The molecule has 1 aliphatic heterocycles. The molecule has 52 valence electrons. The van der Waals surface area contributed by atoms with Crippen LogP contribution in [0.5, 0.6) is 0 Å². The Kier molecular flexibility index (Phi) is 2.01. The van der Waals surface area contributed by atoms with Crippen LogP contribution in [0.25, 0.3) is 0 Å². The second kappa shape index (κ2) is 2.60. The Morgan fingerprint density at radius 3 is 2.78 bits per heavy atom. The second-order valence-corrected chi connectivity index (χ2v) is 3.62. The van der Waals surface area contributed by atoms with Crippen LogP contribution in [-0.4, -0.2) is 28.5 Å². The Bertz CT molecular complexity index is 126. The van der Waals surface area contributed by atoms with Gasteiger partial charge < -0.3 is 4.90 Å². The summed E-state index contributed by atoms with van der Waals surface area (Å²) in [4.78, 5) is 12.8. The third-order valence-electron chi connectivity index (χ3n) is 1.42. The molecule has 1 unspecified atom stereocenters. The van der Waals surface area contributed by atoms with Crippen molar-refractivity contribution in [3.8, 4) is 0 Å². The number of thioether (sulfide) groups is 1. The van der Waals surface area contributed by atoms with Crippen molar-refractivity contribution in [2.45, 2.75) is 19.1 Å². The third kappa shape index (κ3) is 1.39. The summed E-state index contributed by atoms with van der Waals surface area (Å²) in [7, 11) is 0. The van der Waals surface area contributed by atoms with Gasteiger partial charge in [0.1, 0.15) is 0 Å². The quantitative estimate of drug-likeness (QED) is 0.558. The molecule has 1 fully saturated rings. The molecule has 9 heavy (non-hydrogen) atoms. The number of hydrogen-bond acceptors (Lipinski definition) is 2. The molecule has 0 saturated carbocycles. The van der Waals surface area contributed by atoms with E-state index >= 15 is 0 Å². The van der Waals surface area contributed by atoms with Crippen molar-refractivity contribution in [2.75, 3.05) is 13.1 Å². The molecule has 2 nitrogen and oxygen atoms in total. The van der Waals surface area contributed by atoms with E-state index in [2.05, 4.69) is 6.92 Å². The SMILES string of the molecule is CCN1CC(C)SC1=O. The lowest BCUT2D eigenvalue weighted by Gasteiger charge is -2.09. The monoisotopic (exact) mass is 145 g/mol. The molecule has 1 atom stereocenters. The van der Waals surface area contributed by atoms with E-state index in [1.54, 1.807) is 0 Å². The van der Waals surface area contributed by atoms with E-state index < -0.39 is 0 Å². The van der Waals surface area contributed by atoms with E-state index in [0.29, 0.717) is 5.25 Å². The van der Waals surface area contributed by atoms with Gasteiger partial charge in [0.25, 0.3) is 5.24 Å². The molecule has 1 aliphatic rings. The first-order valence-electron chi connectivity index (χ1n) is 3.19. The third-order valence-corrected chi connectivity index (χ3v) is 2.43. The molecule has 0 spiro atoms. The molecule has 0 aliphatic carbocycles. The zero-order valence-electron chi connectivity index (χ0n) is 5.76. The number of hydrogen-bond donors (Lipinski definition) is 0. The first-order chi connectivity index (χ1) is 4.24.